The van der Waals surface area contributed by atoms with Gasteiger partial charge < -0.3 is 15.0 Å². The molecule has 7 nitrogen and oxygen atoms in total. The number of nitrogens with zero attached hydrogens (tertiary/aromatic N) is 4. The van der Waals surface area contributed by atoms with Crippen molar-refractivity contribution in [2.75, 3.05) is 17.3 Å². The molecule has 0 amide bonds. The monoisotopic (exact) mass is 361 g/mol. The van der Waals surface area contributed by atoms with Crippen molar-refractivity contribution in [2.24, 2.45) is 0 Å². The Balaban J connectivity index is 1.66. The third kappa shape index (κ3) is 3.19. The van der Waals surface area contributed by atoms with Gasteiger partial charge in [0.05, 0.1) is 24.6 Å². The van der Waals surface area contributed by atoms with E-state index in [1.807, 2.05) is 18.2 Å². The molecule has 2 heterocycles. The summed E-state index contributed by atoms with van der Waals surface area (Å²) in [7, 11) is 1.35. The lowest BCUT2D eigenvalue weighted by atomic mass is 10.1. The maximum Gasteiger partial charge on any atom is 0.339 e. The number of fused-ring (bicyclic) bond motifs is 1. The van der Waals surface area contributed by atoms with Gasteiger partial charge in [-0.15, -0.1) is 5.10 Å². The number of carbonyl (C=O) groups is 1. The minimum atomic E-state index is -0.427. The summed E-state index contributed by atoms with van der Waals surface area (Å²) in [6.45, 7) is 2.15. The first-order valence-corrected chi connectivity index (χ1v) is 8.68. The molecule has 2 aromatic carbocycles. The van der Waals surface area contributed by atoms with Crippen LogP contribution >= 0.6 is 0 Å². The van der Waals surface area contributed by atoms with E-state index in [-0.39, 0.29) is 6.04 Å². The molecule has 1 atom stereocenters. The molecule has 27 heavy (non-hydrogen) atoms. The molecule has 4 rings (SSSR count). The molecule has 0 radical (unpaired) electrons. The fraction of sp³-hybridized carbons (Fsp3) is 0.200. The second kappa shape index (κ2) is 7.03. The van der Waals surface area contributed by atoms with Crippen LogP contribution in [0.1, 0.15) is 22.8 Å². The minimum absolute atomic E-state index is 0.273. The Morgan fingerprint density at radius 1 is 1.19 bits per heavy atom. The first-order chi connectivity index (χ1) is 13.2. The smallest absolute Gasteiger partial charge is 0.339 e. The zero-order valence-corrected chi connectivity index (χ0v) is 15.1. The third-order valence-electron chi connectivity index (χ3n) is 4.58. The van der Waals surface area contributed by atoms with Crippen molar-refractivity contribution in [3.63, 3.8) is 0 Å². The summed E-state index contributed by atoms with van der Waals surface area (Å²) in [6, 6.07) is 15.6. The van der Waals surface area contributed by atoms with Gasteiger partial charge in [0.2, 0.25) is 5.95 Å². The number of anilines is 4. The number of benzene rings is 2. The highest BCUT2D eigenvalue weighted by Gasteiger charge is 2.28. The van der Waals surface area contributed by atoms with Crippen molar-refractivity contribution in [3.8, 4) is 0 Å². The molecule has 1 aliphatic heterocycles. The van der Waals surface area contributed by atoms with E-state index in [1.165, 1.54) is 12.7 Å². The van der Waals surface area contributed by atoms with E-state index in [0.717, 1.165) is 12.1 Å². The number of methoxy groups -OCH3 is 1. The summed E-state index contributed by atoms with van der Waals surface area (Å²) in [5.41, 5.74) is 3.40. The predicted octanol–water partition coefficient (Wildman–Crippen LogP) is 3.48. The summed E-state index contributed by atoms with van der Waals surface area (Å²) >= 11 is 0. The van der Waals surface area contributed by atoms with Crippen LogP contribution in [0.4, 0.5) is 23.1 Å². The van der Waals surface area contributed by atoms with Gasteiger partial charge in [-0.25, -0.2) is 4.79 Å². The number of hydrogen-bond donors (Lipinski definition) is 1. The number of hydrogen-bond acceptors (Lipinski definition) is 7. The van der Waals surface area contributed by atoms with Gasteiger partial charge in [0.15, 0.2) is 5.82 Å². The standard InChI is InChI=1S/C20H19N5O2/c1-13-11-14-7-3-6-10-17(14)25(13)18-12-21-24-20(23-18)22-16-9-5-4-8-15(16)19(26)27-2/h3-10,12-13H,11H2,1-2H3,(H,22,23,24). The molecule has 1 unspecified atom stereocenters. The fourth-order valence-electron chi connectivity index (χ4n) is 3.38. The van der Waals surface area contributed by atoms with Crippen LogP contribution < -0.4 is 10.2 Å². The van der Waals surface area contributed by atoms with Crippen LogP contribution in [0.5, 0.6) is 0 Å². The zero-order chi connectivity index (χ0) is 18.8. The molecule has 1 aliphatic rings. The molecule has 0 bridgehead atoms. The summed E-state index contributed by atoms with van der Waals surface area (Å²) in [6.07, 6.45) is 2.60. The highest BCUT2D eigenvalue weighted by molar-refractivity contribution is 5.96. The largest absolute Gasteiger partial charge is 0.465 e. The number of aromatic nitrogens is 3. The van der Waals surface area contributed by atoms with Crippen LogP contribution in [0, 0.1) is 0 Å². The van der Waals surface area contributed by atoms with Crippen LogP contribution in [-0.4, -0.2) is 34.3 Å². The molecule has 0 saturated carbocycles. The van der Waals surface area contributed by atoms with Crippen LogP contribution in [0.2, 0.25) is 0 Å². The molecule has 136 valence electrons. The van der Waals surface area contributed by atoms with Crippen LogP contribution in [0.3, 0.4) is 0 Å². The Hall–Kier alpha value is -3.48. The second-order valence-corrected chi connectivity index (χ2v) is 6.35. The van der Waals surface area contributed by atoms with Gasteiger partial charge in [-0.05, 0) is 37.1 Å². The highest BCUT2D eigenvalue weighted by atomic mass is 16.5. The zero-order valence-electron chi connectivity index (χ0n) is 15.1. The number of ether oxygens (including phenoxy) is 1. The lowest BCUT2D eigenvalue weighted by Crippen LogP contribution is -2.25. The topological polar surface area (TPSA) is 80.2 Å². The molecule has 0 saturated heterocycles. The van der Waals surface area contributed by atoms with Gasteiger partial charge >= 0.3 is 5.97 Å². The van der Waals surface area contributed by atoms with Gasteiger partial charge in [0.1, 0.15) is 0 Å². The Morgan fingerprint density at radius 3 is 2.81 bits per heavy atom. The van der Waals surface area contributed by atoms with Crippen LogP contribution in [0.15, 0.2) is 54.7 Å². The maximum absolute atomic E-state index is 12.0. The molecular formula is C20H19N5O2. The molecule has 0 aliphatic carbocycles. The normalized spacial score (nSPS) is 15.3. The lowest BCUT2D eigenvalue weighted by Gasteiger charge is -2.23. The molecule has 7 heteroatoms. The average Bonchev–Trinajstić information content (AvgIpc) is 3.03. The van der Waals surface area contributed by atoms with E-state index < -0.39 is 5.97 Å². The van der Waals surface area contributed by atoms with Gasteiger partial charge in [0, 0.05) is 11.7 Å². The molecule has 3 aromatic rings. The summed E-state index contributed by atoms with van der Waals surface area (Å²) in [5.74, 6) is 0.602. The van der Waals surface area contributed by atoms with Crippen LogP contribution in [-0.2, 0) is 11.2 Å². The fourth-order valence-corrected chi connectivity index (χ4v) is 3.38. The van der Waals surface area contributed by atoms with Gasteiger partial charge in [-0.1, -0.05) is 30.3 Å². The highest BCUT2D eigenvalue weighted by Crippen LogP contribution is 2.37. The van der Waals surface area contributed by atoms with E-state index in [9.17, 15) is 4.79 Å². The molecule has 0 spiro atoms. The summed E-state index contributed by atoms with van der Waals surface area (Å²) in [5, 5.41) is 11.2. The Labute approximate surface area is 157 Å². The third-order valence-corrected chi connectivity index (χ3v) is 4.58. The van der Waals surface area contributed by atoms with E-state index >= 15 is 0 Å². The van der Waals surface area contributed by atoms with Gasteiger partial charge in [-0.2, -0.15) is 10.1 Å². The predicted molar refractivity (Wildman–Crippen MR) is 103 cm³/mol. The number of rotatable bonds is 4. The van der Waals surface area contributed by atoms with Crippen LogP contribution in [0.25, 0.3) is 0 Å². The van der Waals surface area contributed by atoms with E-state index in [0.29, 0.717) is 23.0 Å². The van der Waals surface area contributed by atoms with E-state index in [2.05, 4.69) is 44.5 Å². The van der Waals surface area contributed by atoms with Gasteiger partial charge in [-0.3, -0.25) is 0 Å². The lowest BCUT2D eigenvalue weighted by molar-refractivity contribution is 0.0602. The van der Waals surface area contributed by atoms with Gasteiger partial charge in [0.25, 0.3) is 0 Å². The number of nitrogens with one attached hydrogen (secondary N) is 1. The Kier molecular flexibility index (Phi) is 4.42. The molecule has 0 fully saturated rings. The van der Waals surface area contributed by atoms with Crippen molar-refractivity contribution in [1.82, 2.24) is 15.2 Å². The van der Waals surface area contributed by atoms with Crippen molar-refractivity contribution in [1.29, 1.82) is 0 Å². The molecule has 1 N–H and O–H groups in total. The SMILES string of the molecule is COC(=O)c1ccccc1Nc1nncc(N2c3ccccc3CC2C)n1. The summed E-state index contributed by atoms with van der Waals surface area (Å²) < 4.78 is 4.83. The Morgan fingerprint density at radius 2 is 1.96 bits per heavy atom. The first-order valence-electron chi connectivity index (χ1n) is 8.68. The quantitative estimate of drug-likeness (QED) is 0.713. The number of carbonyl (C=O) groups excluding carboxylic acids is 1. The maximum atomic E-state index is 12.0. The van der Waals surface area contributed by atoms with E-state index in [1.54, 1.807) is 24.4 Å². The van der Waals surface area contributed by atoms with Crippen molar-refractivity contribution < 1.29 is 9.53 Å². The first kappa shape index (κ1) is 17.0. The van der Waals surface area contributed by atoms with E-state index in [4.69, 9.17) is 4.74 Å². The van der Waals surface area contributed by atoms with Crippen molar-refractivity contribution in [3.05, 3.63) is 65.9 Å². The number of esters is 1. The summed E-state index contributed by atoms with van der Waals surface area (Å²) in [4.78, 5) is 18.7. The molecule has 1 aromatic heterocycles. The average molecular weight is 361 g/mol. The second-order valence-electron chi connectivity index (χ2n) is 6.35. The molecular weight excluding hydrogens is 342 g/mol. The minimum Gasteiger partial charge on any atom is -0.465 e. The van der Waals surface area contributed by atoms with Crippen molar-refractivity contribution >= 4 is 29.1 Å². The number of para-hydroxylation sites is 2. The Bertz CT molecular complexity index is 991. The van der Waals surface area contributed by atoms with Crippen molar-refractivity contribution in [2.45, 2.75) is 19.4 Å².